The fourth-order valence-corrected chi connectivity index (χ4v) is 5.82. The molecule has 206 valence electrons. The van der Waals surface area contributed by atoms with Crippen molar-refractivity contribution >= 4 is 45.5 Å². The third-order valence-corrected chi connectivity index (χ3v) is 7.83. The van der Waals surface area contributed by atoms with E-state index in [0.29, 0.717) is 35.0 Å². The fourth-order valence-electron chi connectivity index (χ4n) is 4.83. The number of anilines is 1. The predicted octanol–water partition coefficient (Wildman–Crippen LogP) is 4.92. The molecule has 4 heterocycles. The third-order valence-electron chi connectivity index (χ3n) is 6.69. The molecule has 1 unspecified atom stereocenters. The van der Waals surface area contributed by atoms with E-state index in [2.05, 4.69) is 9.97 Å². The fraction of sp³-hybridized carbons (Fsp3) is 0.276. The predicted molar refractivity (Wildman–Crippen MR) is 150 cm³/mol. The van der Waals surface area contributed by atoms with E-state index in [9.17, 15) is 19.5 Å². The second-order valence-corrected chi connectivity index (χ2v) is 10.2. The van der Waals surface area contributed by atoms with Crippen LogP contribution in [0.2, 0.25) is 0 Å². The van der Waals surface area contributed by atoms with Crippen LogP contribution in [-0.4, -0.2) is 50.3 Å². The molecule has 0 bridgehead atoms. The Morgan fingerprint density at radius 2 is 1.85 bits per heavy atom. The molecule has 0 radical (unpaired) electrons. The number of aliphatic hydroxyl groups excluding tert-OH is 1. The van der Waals surface area contributed by atoms with E-state index in [-0.39, 0.29) is 27.9 Å². The average molecular weight is 561 g/mol. The van der Waals surface area contributed by atoms with Crippen LogP contribution in [0.1, 0.15) is 57.8 Å². The van der Waals surface area contributed by atoms with Crippen molar-refractivity contribution in [3.8, 4) is 5.75 Å². The molecule has 0 aliphatic carbocycles. The number of benzene rings is 1. The highest BCUT2D eigenvalue weighted by Crippen LogP contribution is 2.44. The summed E-state index contributed by atoms with van der Waals surface area (Å²) < 4.78 is 12.6. The number of rotatable bonds is 7. The summed E-state index contributed by atoms with van der Waals surface area (Å²) >= 11 is 0.954. The van der Waals surface area contributed by atoms with Gasteiger partial charge in [0.1, 0.15) is 22.0 Å². The summed E-state index contributed by atoms with van der Waals surface area (Å²) in [6.45, 7) is 9.46. The number of fused-ring (bicyclic) bond motifs is 1. The number of carbonyl (C=O) groups excluding carboxylic acids is 3. The molecule has 11 heteroatoms. The Labute approximate surface area is 234 Å². The lowest BCUT2D eigenvalue weighted by atomic mass is 9.96. The Kier molecular flexibility index (Phi) is 7.16. The lowest BCUT2D eigenvalue weighted by molar-refractivity contribution is -0.132. The van der Waals surface area contributed by atoms with Gasteiger partial charge in [0.05, 0.1) is 36.2 Å². The largest absolute Gasteiger partial charge is 0.505 e. The number of imidazole rings is 1. The molecule has 0 spiro atoms. The van der Waals surface area contributed by atoms with Crippen molar-refractivity contribution in [3.63, 3.8) is 0 Å². The van der Waals surface area contributed by atoms with Crippen LogP contribution in [0.4, 0.5) is 5.13 Å². The van der Waals surface area contributed by atoms with Crippen molar-refractivity contribution in [2.45, 2.75) is 40.7 Å². The second-order valence-electron chi connectivity index (χ2n) is 9.24. The van der Waals surface area contributed by atoms with E-state index in [4.69, 9.17) is 9.47 Å². The summed E-state index contributed by atoms with van der Waals surface area (Å²) in [5, 5.41) is 11.8. The lowest BCUT2D eigenvalue weighted by Gasteiger charge is -2.23. The standard InChI is InChI=1S/C29H28N4O6S/c1-6-38-19-12-8-11-18(14-19)22-20(23(34)21-17(5)32-13-9-10-15(3)26(32)31-21)24(35)27(36)33(22)29-30-16(4)25(40-29)28(37)39-7-2/h8-14,22,34H,6-7H2,1-5H3/b23-20+. The Bertz CT molecular complexity index is 1700. The zero-order valence-electron chi connectivity index (χ0n) is 22.7. The molecule has 1 amide bonds. The molecular formula is C29H28N4O6S. The van der Waals surface area contributed by atoms with Crippen LogP contribution in [0.5, 0.6) is 5.75 Å². The van der Waals surface area contributed by atoms with Gasteiger partial charge in [-0.25, -0.2) is 14.8 Å². The van der Waals surface area contributed by atoms with Gasteiger partial charge in [-0.1, -0.05) is 29.5 Å². The molecule has 4 aromatic rings. The number of aromatic nitrogens is 3. The molecule has 1 saturated heterocycles. The Hall–Kier alpha value is -4.51. The van der Waals surface area contributed by atoms with Crippen LogP contribution in [0.15, 0.2) is 48.2 Å². The van der Waals surface area contributed by atoms with E-state index in [0.717, 1.165) is 16.9 Å². The number of hydrogen-bond acceptors (Lipinski definition) is 9. The normalized spacial score (nSPS) is 16.6. The van der Waals surface area contributed by atoms with E-state index in [1.807, 2.05) is 36.6 Å². The number of nitrogens with zero attached hydrogens (tertiary/aromatic N) is 4. The number of aryl methyl sites for hydroxylation is 3. The van der Waals surface area contributed by atoms with Crippen LogP contribution in [0.3, 0.4) is 0 Å². The van der Waals surface area contributed by atoms with Gasteiger partial charge < -0.3 is 19.0 Å². The zero-order chi connectivity index (χ0) is 28.7. The molecule has 10 nitrogen and oxygen atoms in total. The van der Waals surface area contributed by atoms with Crippen molar-refractivity contribution in [3.05, 3.63) is 81.3 Å². The zero-order valence-corrected chi connectivity index (χ0v) is 23.5. The summed E-state index contributed by atoms with van der Waals surface area (Å²) in [6.07, 6.45) is 1.82. The number of carbonyl (C=O) groups is 3. The minimum atomic E-state index is -1.05. The van der Waals surface area contributed by atoms with Gasteiger partial charge in [0, 0.05) is 6.20 Å². The van der Waals surface area contributed by atoms with E-state index >= 15 is 0 Å². The van der Waals surface area contributed by atoms with Crippen LogP contribution >= 0.6 is 11.3 Å². The van der Waals surface area contributed by atoms with Crippen LogP contribution in [-0.2, 0) is 14.3 Å². The van der Waals surface area contributed by atoms with Gasteiger partial charge in [-0.3, -0.25) is 14.5 Å². The van der Waals surface area contributed by atoms with Crippen LogP contribution in [0, 0.1) is 20.8 Å². The minimum absolute atomic E-state index is 0.131. The molecule has 5 rings (SSSR count). The topological polar surface area (TPSA) is 123 Å². The highest BCUT2D eigenvalue weighted by Gasteiger charge is 2.49. The Morgan fingerprint density at radius 1 is 1.07 bits per heavy atom. The molecule has 1 atom stereocenters. The molecule has 1 aromatic carbocycles. The molecule has 1 aliphatic heterocycles. The number of ether oxygens (including phenoxy) is 2. The van der Waals surface area contributed by atoms with Gasteiger partial charge in [0.2, 0.25) is 0 Å². The first kappa shape index (κ1) is 27.1. The number of hydrogen-bond donors (Lipinski definition) is 1. The number of Topliss-reactive ketones (excluding diaryl/α,β-unsaturated/α-hetero) is 1. The van der Waals surface area contributed by atoms with E-state index < -0.39 is 29.5 Å². The minimum Gasteiger partial charge on any atom is -0.505 e. The summed E-state index contributed by atoms with van der Waals surface area (Å²) in [6, 6.07) is 9.69. The summed E-state index contributed by atoms with van der Waals surface area (Å²) in [7, 11) is 0. The van der Waals surface area contributed by atoms with Crippen LogP contribution < -0.4 is 9.64 Å². The summed E-state index contributed by atoms with van der Waals surface area (Å²) in [5.41, 5.74) is 3.08. The molecule has 40 heavy (non-hydrogen) atoms. The molecular weight excluding hydrogens is 532 g/mol. The molecule has 3 aromatic heterocycles. The van der Waals surface area contributed by atoms with Gasteiger partial charge in [-0.2, -0.15) is 0 Å². The number of esters is 1. The number of thiazole rings is 1. The first-order valence-electron chi connectivity index (χ1n) is 12.8. The maximum atomic E-state index is 13.6. The van der Waals surface area contributed by atoms with Gasteiger partial charge in [-0.15, -0.1) is 0 Å². The van der Waals surface area contributed by atoms with Gasteiger partial charge >= 0.3 is 11.9 Å². The molecule has 1 aliphatic rings. The number of ketones is 1. The average Bonchev–Trinajstić information content (AvgIpc) is 3.56. The second kappa shape index (κ2) is 10.6. The van der Waals surface area contributed by atoms with Crippen LogP contribution in [0.25, 0.3) is 11.4 Å². The number of aliphatic hydroxyl groups is 1. The molecule has 1 N–H and O–H groups in total. The molecule has 0 saturated carbocycles. The van der Waals surface area contributed by atoms with Gasteiger partial charge in [-0.05, 0) is 63.9 Å². The highest BCUT2D eigenvalue weighted by molar-refractivity contribution is 7.17. The smallest absolute Gasteiger partial charge is 0.350 e. The Balaban J connectivity index is 1.74. The summed E-state index contributed by atoms with van der Waals surface area (Å²) in [5.74, 6) is -2.19. The van der Waals surface area contributed by atoms with Crippen molar-refractivity contribution in [2.24, 2.45) is 0 Å². The highest BCUT2D eigenvalue weighted by atomic mass is 32.1. The van der Waals surface area contributed by atoms with Gasteiger partial charge in [0.25, 0.3) is 5.78 Å². The van der Waals surface area contributed by atoms with Crippen molar-refractivity contribution < 1.29 is 29.0 Å². The monoisotopic (exact) mass is 560 g/mol. The first-order valence-corrected chi connectivity index (χ1v) is 13.6. The first-order chi connectivity index (χ1) is 19.2. The van der Waals surface area contributed by atoms with Crippen molar-refractivity contribution in [1.29, 1.82) is 0 Å². The summed E-state index contributed by atoms with van der Waals surface area (Å²) in [4.78, 5) is 50.3. The maximum absolute atomic E-state index is 13.6. The maximum Gasteiger partial charge on any atom is 0.350 e. The lowest BCUT2D eigenvalue weighted by Crippen LogP contribution is -2.29. The van der Waals surface area contributed by atoms with E-state index in [1.165, 1.54) is 4.90 Å². The third kappa shape index (κ3) is 4.41. The van der Waals surface area contributed by atoms with Crippen molar-refractivity contribution in [1.82, 2.24) is 14.4 Å². The quantitative estimate of drug-likeness (QED) is 0.146. The SMILES string of the molecule is CCOC(=O)c1sc(N2C(=O)C(=O)/C(=C(/O)c3nc4c(C)cccn4c3C)C2c2cccc(OCC)c2)nc1C. The number of amides is 1. The van der Waals surface area contributed by atoms with Gasteiger partial charge in [0.15, 0.2) is 10.9 Å². The van der Waals surface area contributed by atoms with E-state index in [1.54, 1.807) is 45.0 Å². The Morgan fingerprint density at radius 3 is 2.55 bits per heavy atom. The molecule has 1 fully saturated rings. The number of pyridine rings is 1. The van der Waals surface area contributed by atoms with Crippen molar-refractivity contribution in [2.75, 3.05) is 18.1 Å².